The van der Waals surface area contributed by atoms with Crippen molar-refractivity contribution < 1.29 is 14.4 Å². The molecule has 6 heterocycles. The van der Waals surface area contributed by atoms with Gasteiger partial charge in [-0.15, -0.1) is 0 Å². The number of nitrogens with one attached hydrogen (secondary N) is 1. The molecule has 17 nitrogen and oxygen atoms in total. The molecule has 672 valence electrons. The standard InChI is InChI=1S/C37H52N4O.C36H51N5O.C35H49N5O/c1-6-8-10-11-12-13-14-20-34(42)38-26-28-21-23-29(24-22-28)27-41-33(19-9-7-2)40-35-32(25-37(3,4)5)39-31-18-16-15-17-30(31)36(35)41;1-6-8-10-11-12-13-14-20-32(42)41(36(3,4)5)26-28-23-21-27(22-24-28)25-40-31(19-9-7-2)39-33-34(40)29-17-15-16-18-30(29)38-35(33)37;1-6-8-10-11-12-13-19-31(41)40(35(3,4)5)25-27-22-20-26(21-23-27)24-39-30(18-9-7-2)38-32-33(39)28-16-14-15-17-29(28)37-34(32)36/h15-18,21-24H,6-14,19-20,25-27H2,1-5H3,(H,38,42);15-18,21-24H,6-14,19-20,25-26H2,1-5H3,(H2,37,38);14-17,20-23H,6-13,18-19,24-25H2,1-5H3,(H2,36,37). The molecular weight excluding hydrogens is 1540 g/mol. The van der Waals surface area contributed by atoms with Crippen molar-refractivity contribution in [3.8, 4) is 0 Å². The Kier molecular flexibility index (Phi) is 37.4. The maximum atomic E-state index is 13.3. The number of imidazole rings is 3. The zero-order chi connectivity index (χ0) is 89.5. The number of unbranched alkanes of at least 4 members (excludes halogenated alkanes) is 20. The Morgan fingerprint density at radius 2 is 0.632 bits per heavy atom. The topological polar surface area (TPSA) is 214 Å². The minimum atomic E-state index is -0.226. The van der Waals surface area contributed by atoms with Gasteiger partial charge >= 0.3 is 0 Å². The highest BCUT2D eigenvalue weighted by atomic mass is 16.2. The van der Waals surface area contributed by atoms with E-state index in [0.717, 1.165) is 204 Å². The van der Waals surface area contributed by atoms with Gasteiger partial charge in [0.25, 0.3) is 0 Å². The lowest BCUT2D eigenvalue weighted by Crippen LogP contribution is -2.45. The summed E-state index contributed by atoms with van der Waals surface area (Å²) >= 11 is 0. The van der Waals surface area contributed by atoms with E-state index in [0.29, 0.717) is 63.6 Å². The minimum absolute atomic E-state index is 0.120. The highest BCUT2D eigenvalue weighted by Gasteiger charge is 2.30. The first-order chi connectivity index (χ1) is 60.2. The Morgan fingerprint density at radius 1 is 0.336 bits per heavy atom. The first-order valence-electron chi connectivity index (χ1n) is 48.2. The van der Waals surface area contributed by atoms with Crippen LogP contribution in [0.3, 0.4) is 0 Å². The molecule has 125 heavy (non-hydrogen) atoms. The number of hydrogen-bond donors (Lipinski definition) is 3. The first-order valence-corrected chi connectivity index (χ1v) is 48.2. The molecule has 6 aromatic heterocycles. The molecule has 0 saturated carbocycles. The third-order valence-electron chi connectivity index (χ3n) is 24.3. The van der Waals surface area contributed by atoms with Gasteiger partial charge in [-0.25, -0.2) is 24.9 Å². The molecule has 0 atom stereocenters. The van der Waals surface area contributed by atoms with E-state index < -0.39 is 0 Å². The van der Waals surface area contributed by atoms with Crippen molar-refractivity contribution in [3.63, 3.8) is 0 Å². The zero-order valence-corrected chi connectivity index (χ0v) is 79.2. The summed E-state index contributed by atoms with van der Waals surface area (Å²) < 4.78 is 7.08. The molecule has 0 radical (unpaired) electrons. The normalized spacial score (nSPS) is 11.9. The van der Waals surface area contributed by atoms with E-state index in [2.05, 4.69) is 242 Å². The Morgan fingerprint density at radius 3 is 0.976 bits per heavy atom. The molecule has 0 unspecified atom stereocenters. The fourth-order valence-corrected chi connectivity index (χ4v) is 17.1. The van der Waals surface area contributed by atoms with Crippen LogP contribution in [-0.2, 0) is 79.3 Å². The fraction of sp³-hybridized carbons (Fsp3) is 0.528. The largest absolute Gasteiger partial charge is 0.382 e. The lowest BCUT2D eigenvalue weighted by atomic mass is 9.89. The van der Waals surface area contributed by atoms with Crippen LogP contribution in [0.15, 0.2) is 146 Å². The summed E-state index contributed by atoms with van der Waals surface area (Å²) in [5.74, 6) is 4.87. The van der Waals surface area contributed by atoms with Gasteiger partial charge in [-0.05, 0) is 143 Å². The van der Waals surface area contributed by atoms with Crippen LogP contribution in [0.1, 0.15) is 347 Å². The number of aromatic nitrogens is 9. The molecule has 0 bridgehead atoms. The summed E-state index contributed by atoms with van der Waals surface area (Å²) in [6, 6.07) is 51.0. The van der Waals surface area contributed by atoms with Crippen LogP contribution in [0.2, 0.25) is 0 Å². The van der Waals surface area contributed by atoms with Crippen molar-refractivity contribution in [3.05, 3.63) is 202 Å². The van der Waals surface area contributed by atoms with Crippen LogP contribution < -0.4 is 16.8 Å². The molecule has 3 amide bonds. The van der Waals surface area contributed by atoms with Crippen LogP contribution in [0.5, 0.6) is 0 Å². The number of anilines is 2. The van der Waals surface area contributed by atoms with Gasteiger partial charge in [-0.2, -0.15) is 0 Å². The second-order valence-electron chi connectivity index (χ2n) is 38.4. The third kappa shape index (κ3) is 28.2. The molecule has 12 aromatic rings. The monoisotopic (exact) mass is 1690 g/mol. The molecule has 17 heteroatoms. The number of nitrogen functional groups attached to an aromatic ring is 2. The van der Waals surface area contributed by atoms with Crippen molar-refractivity contribution in [2.24, 2.45) is 5.41 Å². The van der Waals surface area contributed by atoms with Crippen molar-refractivity contribution >= 4 is 95.2 Å². The van der Waals surface area contributed by atoms with Crippen molar-refractivity contribution in [2.45, 2.75) is 366 Å². The van der Waals surface area contributed by atoms with Crippen molar-refractivity contribution in [2.75, 3.05) is 11.5 Å². The van der Waals surface area contributed by atoms with Gasteiger partial charge in [0, 0.05) is 105 Å². The summed E-state index contributed by atoms with van der Waals surface area (Å²) in [4.78, 5) is 72.6. The third-order valence-corrected chi connectivity index (χ3v) is 24.3. The van der Waals surface area contributed by atoms with Gasteiger partial charge in [0.15, 0.2) is 11.6 Å². The molecule has 12 rings (SSSR count). The number of rotatable bonds is 45. The van der Waals surface area contributed by atoms with E-state index in [1.807, 2.05) is 46.2 Å². The average molecular weight is 1690 g/mol. The van der Waals surface area contributed by atoms with E-state index >= 15 is 0 Å². The number of nitrogens with two attached hydrogens (primary N) is 2. The summed E-state index contributed by atoms with van der Waals surface area (Å²) in [6.45, 7) is 37.0. The van der Waals surface area contributed by atoms with E-state index in [4.69, 9.17) is 31.4 Å². The average Bonchev–Trinajstić information content (AvgIpc) is 1.62. The lowest BCUT2D eigenvalue weighted by Gasteiger charge is -2.36. The van der Waals surface area contributed by atoms with Gasteiger partial charge in [0.2, 0.25) is 17.7 Å². The molecule has 6 aromatic carbocycles. The molecule has 0 spiro atoms. The number of hydrogen-bond acceptors (Lipinski definition) is 11. The minimum Gasteiger partial charge on any atom is -0.382 e. The number of nitrogens with zero attached hydrogens (tertiary/aromatic N) is 11. The number of carbonyl (C=O) groups excluding carboxylic acids is 3. The van der Waals surface area contributed by atoms with Crippen LogP contribution in [-0.4, -0.2) is 82.2 Å². The van der Waals surface area contributed by atoms with Gasteiger partial charge in [0.05, 0.1) is 38.8 Å². The Bertz CT molecular complexity index is 5360. The molecule has 5 N–H and O–H groups in total. The molecule has 0 aliphatic rings. The SMILES string of the molecule is CCCCCCCCC(=O)N(Cc1ccc(Cn2c(CCCC)nc3c(N)nc4ccccc4c32)cc1)C(C)(C)C.CCCCCCCCCC(=O)N(Cc1ccc(Cn2c(CCCC)nc3c(N)nc4ccccc4c32)cc1)C(C)(C)C.CCCCCCCCCC(=O)NCc1ccc(Cn2c(CCCC)nc3c(CC(C)(C)C)nc4ccccc4c32)cc1. The number of fused-ring (bicyclic) bond motifs is 9. The maximum Gasteiger partial charge on any atom is 0.223 e. The number of pyridine rings is 3. The Hall–Kier alpha value is -10.0. The second kappa shape index (κ2) is 48.1. The summed E-state index contributed by atoms with van der Waals surface area (Å²) in [5, 5.41) is 6.44. The molecular formula is C108H152N14O3. The lowest BCUT2D eigenvalue weighted by molar-refractivity contribution is -0.137. The van der Waals surface area contributed by atoms with Crippen molar-refractivity contribution in [1.29, 1.82) is 0 Å². The molecule has 0 aliphatic heterocycles. The van der Waals surface area contributed by atoms with Crippen LogP contribution in [0, 0.1) is 5.41 Å². The number of carbonyl (C=O) groups is 3. The Labute approximate surface area is 749 Å². The van der Waals surface area contributed by atoms with Gasteiger partial charge in [-0.3, -0.25) is 19.4 Å². The van der Waals surface area contributed by atoms with E-state index in [1.54, 1.807) is 0 Å². The van der Waals surface area contributed by atoms with Gasteiger partial charge < -0.3 is 40.3 Å². The fourth-order valence-electron chi connectivity index (χ4n) is 17.1. The Balaban J connectivity index is 0.000000196. The van der Waals surface area contributed by atoms with Crippen LogP contribution in [0.4, 0.5) is 11.6 Å². The van der Waals surface area contributed by atoms with E-state index in [-0.39, 0.29) is 34.2 Å². The number of aryl methyl sites for hydroxylation is 3. The predicted octanol–water partition coefficient (Wildman–Crippen LogP) is 26.6. The quantitative estimate of drug-likeness (QED) is 0.0305. The highest BCUT2D eigenvalue weighted by Crippen LogP contribution is 2.36. The maximum absolute atomic E-state index is 13.3. The summed E-state index contributed by atoms with van der Waals surface area (Å²) in [5.41, 5.74) is 29.4. The first kappa shape index (κ1) is 97.2. The van der Waals surface area contributed by atoms with Gasteiger partial charge in [-0.1, -0.05) is 318 Å². The zero-order valence-electron chi connectivity index (χ0n) is 79.2. The molecule has 0 saturated heterocycles. The van der Waals surface area contributed by atoms with E-state index in [9.17, 15) is 14.4 Å². The molecule has 0 fully saturated rings. The summed E-state index contributed by atoms with van der Waals surface area (Å²) in [6.07, 6.45) is 36.4. The second-order valence-corrected chi connectivity index (χ2v) is 38.4. The smallest absolute Gasteiger partial charge is 0.223 e. The summed E-state index contributed by atoms with van der Waals surface area (Å²) in [7, 11) is 0. The van der Waals surface area contributed by atoms with Crippen LogP contribution >= 0.6 is 0 Å². The van der Waals surface area contributed by atoms with Gasteiger partial charge in [0.1, 0.15) is 34.0 Å². The van der Waals surface area contributed by atoms with E-state index in [1.165, 1.54) is 117 Å². The predicted molar refractivity (Wildman–Crippen MR) is 525 cm³/mol. The van der Waals surface area contributed by atoms with Crippen molar-refractivity contribution in [1.82, 2.24) is 58.7 Å². The number of amides is 3. The molecule has 0 aliphatic carbocycles. The highest BCUT2D eigenvalue weighted by molar-refractivity contribution is 6.08. The number of para-hydroxylation sites is 3. The van der Waals surface area contributed by atoms with Crippen LogP contribution in [0.25, 0.3) is 65.8 Å². The number of benzene rings is 6.